The van der Waals surface area contributed by atoms with Crippen LogP contribution in [0.3, 0.4) is 0 Å². The molecule has 3 aliphatic heterocycles. The highest BCUT2D eigenvalue weighted by atomic mass is 16.3. The van der Waals surface area contributed by atoms with E-state index >= 15 is 0 Å². The molecule has 3 aliphatic rings. The number of piperidine rings is 3. The molecule has 3 saturated heterocycles. The number of carbonyl (C=O) groups excluding carboxylic acids is 1. The van der Waals surface area contributed by atoms with E-state index in [2.05, 4.69) is 40.2 Å². The Morgan fingerprint density at radius 2 is 1.89 bits per heavy atom. The van der Waals surface area contributed by atoms with Gasteiger partial charge in [-0.2, -0.15) is 0 Å². The van der Waals surface area contributed by atoms with Gasteiger partial charge in [-0.1, -0.05) is 30.3 Å². The number of rotatable bonds is 2. The van der Waals surface area contributed by atoms with E-state index in [4.69, 9.17) is 0 Å². The number of aromatic nitrogens is 1. The molecule has 5 heteroatoms. The summed E-state index contributed by atoms with van der Waals surface area (Å²) in [6.07, 6.45) is 6.48. The SMILES string of the molecule is O=C(c1ncccc1O)N1C[C@@H]2C[C@H](C1)[C@@H]1CCC[C@H](c3ccccc3)N1C2. The van der Waals surface area contributed by atoms with Crippen LogP contribution in [0.1, 0.15) is 47.8 Å². The summed E-state index contributed by atoms with van der Waals surface area (Å²) in [5.41, 5.74) is 1.61. The molecule has 4 atom stereocenters. The maximum Gasteiger partial charge on any atom is 0.276 e. The van der Waals surface area contributed by atoms with Gasteiger partial charge in [0.05, 0.1) is 0 Å². The van der Waals surface area contributed by atoms with E-state index in [1.165, 1.54) is 31.2 Å². The molecule has 1 amide bonds. The summed E-state index contributed by atoms with van der Waals surface area (Å²) in [5, 5.41) is 10.0. The minimum atomic E-state index is -0.128. The Kier molecular flexibility index (Phi) is 4.55. The lowest BCUT2D eigenvalue weighted by Gasteiger charge is -2.55. The average Bonchev–Trinajstić information content (AvgIpc) is 2.74. The molecule has 0 unspecified atom stereocenters. The van der Waals surface area contributed by atoms with Crippen LogP contribution in [0.5, 0.6) is 5.75 Å². The van der Waals surface area contributed by atoms with Crippen molar-refractivity contribution >= 4 is 5.91 Å². The number of hydrogen-bond donors (Lipinski definition) is 1. The van der Waals surface area contributed by atoms with E-state index in [0.717, 1.165) is 19.6 Å². The Hall–Kier alpha value is -2.40. The van der Waals surface area contributed by atoms with Crippen LogP contribution in [0.2, 0.25) is 0 Å². The topological polar surface area (TPSA) is 56.7 Å². The van der Waals surface area contributed by atoms with Crippen molar-refractivity contribution in [3.8, 4) is 5.75 Å². The lowest BCUT2D eigenvalue weighted by Crippen LogP contribution is -2.60. The second kappa shape index (κ2) is 7.21. The van der Waals surface area contributed by atoms with Gasteiger partial charge in [-0.3, -0.25) is 9.69 Å². The van der Waals surface area contributed by atoms with Gasteiger partial charge in [0.15, 0.2) is 5.69 Å². The highest BCUT2D eigenvalue weighted by molar-refractivity contribution is 5.94. The first-order chi connectivity index (χ1) is 13.7. The Morgan fingerprint density at radius 1 is 1.04 bits per heavy atom. The van der Waals surface area contributed by atoms with E-state index in [9.17, 15) is 9.90 Å². The van der Waals surface area contributed by atoms with Crippen molar-refractivity contribution < 1.29 is 9.90 Å². The van der Waals surface area contributed by atoms with Gasteiger partial charge in [0.25, 0.3) is 5.91 Å². The number of hydrogen-bond acceptors (Lipinski definition) is 4. The van der Waals surface area contributed by atoms with E-state index < -0.39 is 0 Å². The molecule has 0 radical (unpaired) electrons. The van der Waals surface area contributed by atoms with Crippen LogP contribution >= 0.6 is 0 Å². The molecule has 1 N–H and O–H groups in total. The highest BCUT2D eigenvalue weighted by Gasteiger charge is 2.46. The van der Waals surface area contributed by atoms with Crippen LogP contribution in [-0.2, 0) is 0 Å². The normalized spacial score (nSPS) is 29.9. The van der Waals surface area contributed by atoms with E-state index in [1.807, 2.05) is 4.90 Å². The van der Waals surface area contributed by atoms with Crippen molar-refractivity contribution in [1.29, 1.82) is 0 Å². The molecule has 0 aliphatic carbocycles. The third kappa shape index (κ3) is 3.08. The van der Waals surface area contributed by atoms with E-state index in [-0.39, 0.29) is 17.4 Å². The summed E-state index contributed by atoms with van der Waals surface area (Å²) in [6, 6.07) is 15.1. The van der Waals surface area contributed by atoms with E-state index in [0.29, 0.717) is 23.9 Å². The predicted molar refractivity (Wildman–Crippen MR) is 107 cm³/mol. The van der Waals surface area contributed by atoms with Crippen molar-refractivity contribution in [1.82, 2.24) is 14.8 Å². The minimum absolute atomic E-state index is 0.0216. The average molecular weight is 377 g/mol. The maximum absolute atomic E-state index is 13.0. The molecule has 5 rings (SSSR count). The zero-order valence-electron chi connectivity index (χ0n) is 16.1. The van der Waals surface area contributed by atoms with Crippen LogP contribution in [0.15, 0.2) is 48.7 Å². The molecule has 1 aromatic carbocycles. The summed E-state index contributed by atoms with van der Waals surface area (Å²) in [6.45, 7) is 2.59. The number of nitrogens with zero attached hydrogens (tertiary/aromatic N) is 3. The smallest absolute Gasteiger partial charge is 0.276 e. The molecule has 4 heterocycles. The molecule has 146 valence electrons. The first-order valence-electron chi connectivity index (χ1n) is 10.4. The lowest BCUT2D eigenvalue weighted by atomic mass is 9.74. The van der Waals surface area contributed by atoms with Crippen molar-refractivity contribution in [2.75, 3.05) is 19.6 Å². The quantitative estimate of drug-likeness (QED) is 0.871. The van der Waals surface area contributed by atoms with Gasteiger partial charge >= 0.3 is 0 Å². The van der Waals surface area contributed by atoms with Crippen molar-refractivity contribution in [3.63, 3.8) is 0 Å². The minimum Gasteiger partial charge on any atom is -0.505 e. The summed E-state index contributed by atoms with van der Waals surface area (Å²) < 4.78 is 0. The number of amides is 1. The third-order valence-corrected chi connectivity index (χ3v) is 6.85. The summed E-state index contributed by atoms with van der Waals surface area (Å²) in [4.78, 5) is 21.8. The first kappa shape index (κ1) is 17.7. The number of likely N-dealkylation sites (tertiary alicyclic amines) is 1. The number of carbonyl (C=O) groups is 1. The molecule has 28 heavy (non-hydrogen) atoms. The molecule has 2 bridgehead atoms. The van der Waals surface area contributed by atoms with Gasteiger partial charge in [-0.15, -0.1) is 0 Å². The third-order valence-electron chi connectivity index (χ3n) is 6.85. The molecule has 0 spiro atoms. The molecular formula is C23H27N3O2. The number of benzene rings is 1. The fourth-order valence-electron chi connectivity index (χ4n) is 5.72. The standard InChI is InChI=1S/C23H27N3O2/c27-21-10-5-11-24-22(21)23(28)25-13-16-12-18(15-25)20-9-4-8-19(26(20)14-16)17-6-2-1-3-7-17/h1-3,5-7,10-11,16,18-20,27H,4,8-9,12-15H2/t16-,18+,19+,20-/m0/s1. The highest BCUT2D eigenvalue weighted by Crippen LogP contribution is 2.44. The van der Waals surface area contributed by atoms with Crippen molar-refractivity contribution in [2.24, 2.45) is 11.8 Å². The van der Waals surface area contributed by atoms with E-state index in [1.54, 1.807) is 18.3 Å². The molecule has 5 nitrogen and oxygen atoms in total. The van der Waals surface area contributed by atoms with Gasteiger partial charge in [-0.05, 0) is 55.2 Å². The first-order valence-corrected chi connectivity index (χ1v) is 10.4. The molecule has 0 saturated carbocycles. The summed E-state index contributed by atoms with van der Waals surface area (Å²) >= 11 is 0. The van der Waals surface area contributed by atoms with Gasteiger partial charge in [0.2, 0.25) is 0 Å². The monoisotopic (exact) mass is 377 g/mol. The second-order valence-corrected chi connectivity index (χ2v) is 8.56. The zero-order chi connectivity index (χ0) is 19.1. The fourth-order valence-corrected chi connectivity index (χ4v) is 5.72. The number of fused-ring (bicyclic) bond motifs is 4. The van der Waals surface area contributed by atoms with Gasteiger partial charge < -0.3 is 10.0 Å². The Morgan fingerprint density at radius 3 is 2.71 bits per heavy atom. The lowest BCUT2D eigenvalue weighted by molar-refractivity contribution is -0.0512. The second-order valence-electron chi connectivity index (χ2n) is 8.56. The van der Waals surface area contributed by atoms with Crippen LogP contribution in [0, 0.1) is 11.8 Å². The van der Waals surface area contributed by atoms with Gasteiger partial charge in [-0.25, -0.2) is 4.98 Å². The summed E-state index contributed by atoms with van der Waals surface area (Å²) in [5.74, 6) is 0.853. The Bertz CT molecular complexity index is 856. The Labute approximate surface area is 166 Å². The van der Waals surface area contributed by atoms with Crippen LogP contribution < -0.4 is 0 Å². The van der Waals surface area contributed by atoms with Crippen molar-refractivity contribution in [2.45, 2.75) is 37.8 Å². The molecule has 1 aromatic heterocycles. The maximum atomic E-state index is 13.0. The number of pyridine rings is 1. The predicted octanol–water partition coefficient (Wildman–Crippen LogP) is 3.47. The van der Waals surface area contributed by atoms with Gasteiger partial charge in [0.1, 0.15) is 5.75 Å². The summed E-state index contributed by atoms with van der Waals surface area (Å²) in [7, 11) is 0. The Balaban J connectivity index is 1.37. The van der Waals surface area contributed by atoms with Crippen molar-refractivity contribution in [3.05, 3.63) is 59.9 Å². The largest absolute Gasteiger partial charge is 0.505 e. The number of aromatic hydroxyl groups is 1. The van der Waals surface area contributed by atoms with Gasteiger partial charge in [0, 0.05) is 37.9 Å². The zero-order valence-corrected chi connectivity index (χ0v) is 16.1. The molecule has 2 aromatic rings. The van der Waals surface area contributed by atoms with Crippen LogP contribution in [-0.4, -0.2) is 51.5 Å². The fraction of sp³-hybridized carbons (Fsp3) is 0.478. The van der Waals surface area contributed by atoms with Crippen LogP contribution in [0.4, 0.5) is 0 Å². The van der Waals surface area contributed by atoms with Crippen LogP contribution in [0.25, 0.3) is 0 Å². The molecular weight excluding hydrogens is 350 g/mol. The molecule has 3 fully saturated rings.